The zero-order chi connectivity index (χ0) is 16.3. The number of allylic oxidation sites excluding steroid dienone is 2. The molecule has 0 spiro atoms. The van der Waals surface area contributed by atoms with E-state index < -0.39 is 10.0 Å². The van der Waals surface area contributed by atoms with Crippen molar-refractivity contribution in [1.82, 2.24) is 15.2 Å². The van der Waals surface area contributed by atoms with E-state index >= 15 is 0 Å². The predicted octanol–water partition coefficient (Wildman–Crippen LogP) is 0.238. The molecule has 1 N–H and O–H groups in total. The van der Waals surface area contributed by atoms with E-state index in [-0.39, 0.29) is 23.1 Å². The monoisotopic (exact) mass is 332 g/mol. The fourth-order valence-corrected chi connectivity index (χ4v) is 3.32. The Morgan fingerprint density at radius 1 is 1.35 bits per heavy atom. The average molecular weight is 332 g/mol. The first-order chi connectivity index (χ1) is 11.1. The molecule has 1 aromatic heterocycles. The molecule has 1 aromatic rings. The molecule has 0 atom stereocenters. The first kappa shape index (κ1) is 15.4. The van der Waals surface area contributed by atoms with Crippen LogP contribution in [-0.2, 0) is 21.2 Å². The molecular formula is C15H16N4O3S. The third-order valence-corrected chi connectivity index (χ3v) is 4.64. The fraction of sp³-hybridized carbons (Fsp3) is 0.267. The van der Waals surface area contributed by atoms with Crippen LogP contribution in [0.15, 0.2) is 52.7 Å². The van der Waals surface area contributed by atoms with Gasteiger partial charge in [-0.05, 0) is 24.3 Å². The van der Waals surface area contributed by atoms with Gasteiger partial charge in [-0.2, -0.15) is 0 Å². The number of rotatable bonds is 4. The lowest BCUT2D eigenvalue weighted by Crippen LogP contribution is -2.42. The smallest absolute Gasteiger partial charge is 0.256 e. The molecule has 23 heavy (non-hydrogen) atoms. The van der Waals surface area contributed by atoms with E-state index in [0.29, 0.717) is 19.5 Å². The molecule has 0 unspecified atom stereocenters. The number of sulfonamides is 1. The number of pyridine rings is 1. The van der Waals surface area contributed by atoms with Crippen molar-refractivity contribution in [3.8, 4) is 0 Å². The van der Waals surface area contributed by atoms with Crippen LogP contribution in [0.2, 0.25) is 0 Å². The largest absolute Gasteiger partial charge is 0.352 e. The van der Waals surface area contributed by atoms with Crippen LogP contribution in [0.3, 0.4) is 0 Å². The number of carbonyl (C=O) groups excluding carboxylic acids is 1. The standard InChI is InChI=1S/C15H16N4O3S/c20-15(17-8-6-12-4-1-2-7-16-12)13-5-3-9-19-10-11-23(21,22)18-14(13)19/h1-5,7,9H,6,8,10-11H2,(H,17,20). The summed E-state index contributed by atoms with van der Waals surface area (Å²) in [4.78, 5) is 18.2. The number of fused-ring (bicyclic) bond motifs is 1. The van der Waals surface area contributed by atoms with Gasteiger partial charge in [0, 0.05) is 37.6 Å². The number of nitrogens with one attached hydrogen (secondary N) is 1. The SMILES string of the molecule is O=C(NCCc1ccccn1)C1=CC=CN2CCS(=O)(=O)N=C12. The van der Waals surface area contributed by atoms with Crippen molar-refractivity contribution in [2.75, 3.05) is 18.8 Å². The summed E-state index contributed by atoms with van der Waals surface area (Å²) in [5.74, 6) is -0.199. The summed E-state index contributed by atoms with van der Waals surface area (Å²) in [6, 6.07) is 5.60. The molecule has 3 rings (SSSR count). The van der Waals surface area contributed by atoms with E-state index in [1.165, 1.54) is 0 Å². The van der Waals surface area contributed by atoms with Crippen LogP contribution >= 0.6 is 0 Å². The minimum atomic E-state index is -3.50. The summed E-state index contributed by atoms with van der Waals surface area (Å²) in [7, 11) is -3.50. The number of hydrogen-bond donors (Lipinski definition) is 1. The lowest BCUT2D eigenvalue weighted by molar-refractivity contribution is -0.117. The number of amides is 1. The van der Waals surface area contributed by atoms with Gasteiger partial charge in [0.15, 0.2) is 5.84 Å². The maximum absolute atomic E-state index is 12.3. The number of hydrogen-bond acceptors (Lipinski definition) is 5. The molecule has 7 nitrogen and oxygen atoms in total. The fourth-order valence-electron chi connectivity index (χ4n) is 2.34. The van der Waals surface area contributed by atoms with E-state index in [1.807, 2.05) is 18.2 Å². The van der Waals surface area contributed by atoms with E-state index in [1.54, 1.807) is 29.4 Å². The zero-order valence-corrected chi connectivity index (χ0v) is 13.2. The molecule has 0 bridgehead atoms. The van der Waals surface area contributed by atoms with Gasteiger partial charge in [-0.1, -0.05) is 6.07 Å². The molecule has 0 saturated heterocycles. The van der Waals surface area contributed by atoms with Crippen LogP contribution in [0.25, 0.3) is 0 Å². The third-order valence-electron chi connectivity index (χ3n) is 3.50. The second kappa shape index (κ2) is 6.33. The second-order valence-electron chi connectivity index (χ2n) is 5.14. The number of aromatic nitrogens is 1. The lowest BCUT2D eigenvalue weighted by Gasteiger charge is -2.28. The van der Waals surface area contributed by atoms with E-state index in [2.05, 4.69) is 14.7 Å². The maximum atomic E-state index is 12.3. The van der Waals surface area contributed by atoms with Crippen molar-refractivity contribution in [2.45, 2.75) is 6.42 Å². The van der Waals surface area contributed by atoms with Gasteiger partial charge in [0.1, 0.15) is 0 Å². The van der Waals surface area contributed by atoms with Crippen molar-refractivity contribution >= 4 is 21.8 Å². The van der Waals surface area contributed by atoms with Gasteiger partial charge in [0.05, 0.1) is 11.3 Å². The van der Waals surface area contributed by atoms with Gasteiger partial charge in [0.2, 0.25) is 0 Å². The molecule has 0 radical (unpaired) electrons. The van der Waals surface area contributed by atoms with Gasteiger partial charge in [-0.3, -0.25) is 9.78 Å². The molecule has 0 fully saturated rings. The lowest BCUT2D eigenvalue weighted by atomic mass is 10.1. The van der Waals surface area contributed by atoms with Crippen LogP contribution in [-0.4, -0.2) is 48.9 Å². The van der Waals surface area contributed by atoms with Gasteiger partial charge in [0.25, 0.3) is 15.9 Å². The summed E-state index contributed by atoms with van der Waals surface area (Å²) >= 11 is 0. The maximum Gasteiger partial charge on any atom is 0.256 e. The highest BCUT2D eigenvalue weighted by Crippen LogP contribution is 2.17. The van der Waals surface area contributed by atoms with Crippen LogP contribution in [0.5, 0.6) is 0 Å². The Labute approximate surface area is 134 Å². The summed E-state index contributed by atoms with van der Waals surface area (Å²) < 4.78 is 27.1. The topological polar surface area (TPSA) is 91.7 Å². The summed E-state index contributed by atoms with van der Waals surface area (Å²) in [6.45, 7) is 0.715. The van der Waals surface area contributed by atoms with Crippen molar-refractivity contribution in [3.05, 3.63) is 54.0 Å². The van der Waals surface area contributed by atoms with Crippen molar-refractivity contribution < 1.29 is 13.2 Å². The molecule has 2 aliphatic heterocycles. The predicted molar refractivity (Wildman–Crippen MR) is 86.1 cm³/mol. The molecule has 0 saturated carbocycles. The molecule has 8 heteroatoms. The second-order valence-corrected chi connectivity index (χ2v) is 6.90. The van der Waals surface area contributed by atoms with Crippen molar-refractivity contribution in [3.63, 3.8) is 0 Å². The minimum absolute atomic E-state index is 0.0462. The Balaban J connectivity index is 1.68. The summed E-state index contributed by atoms with van der Waals surface area (Å²) in [5, 5.41) is 2.78. The van der Waals surface area contributed by atoms with Crippen LogP contribution in [0.4, 0.5) is 0 Å². The van der Waals surface area contributed by atoms with E-state index in [0.717, 1.165) is 5.69 Å². The van der Waals surface area contributed by atoms with Crippen LogP contribution in [0.1, 0.15) is 5.69 Å². The highest BCUT2D eigenvalue weighted by molar-refractivity contribution is 7.90. The van der Waals surface area contributed by atoms with Crippen molar-refractivity contribution in [2.24, 2.45) is 4.40 Å². The quantitative estimate of drug-likeness (QED) is 0.853. The normalized spacial score (nSPS) is 18.7. The van der Waals surface area contributed by atoms with Gasteiger partial charge in [-0.25, -0.2) is 8.42 Å². The Hall–Kier alpha value is -2.48. The molecule has 2 aliphatic rings. The van der Waals surface area contributed by atoms with Gasteiger partial charge in [-0.15, -0.1) is 4.40 Å². The van der Waals surface area contributed by atoms with E-state index in [9.17, 15) is 13.2 Å². The molecule has 3 heterocycles. The zero-order valence-electron chi connectivity index (χ0n) is 12.3. The van der Waals surface area contributed by atoms with Gasteiger partial charge < -0.3 is 10.2 Å². The Bertz CT molecular complexity index is 797. The third kappa shape index (κ3) is 3.65. The minimum Gasteiger partial charge on any atom is -0.352 e. The van der Waals surface area contributed by atoms with Crippen molar-refractivity contribution in [1.29, 1.82) is 0 Å². The average Bonchev–Trinajstić information content (AvgIpc) is 2.54. The molecule has 0 aromatic carbocycles. The number of amidine groups is 1. The highest BCUT2D eigenvalue weighted by Gasteiger charge is 2.29. The molecule has 120 valence electrons. The Morgan fingerprint density at radius 3 is 3.00 bits per heavy atom. The summed E-state index contributed by atoms with van der Waals surface area (Å²) in [6.07, 6.45) is 7.31. The molecular weight excluding hydrogens is 316 g/mol. The highest BCUT2D eigenvalue weighted by atomic mass is 32.2. The van der Waals surface area contributed by atoms with Crippen LogP contribution < -0.4 is 5.32 Å². The van der Waals surface area contributed by atoms with Gasteiger partial charge >= 0.3 is 0 Å². The van der Waals surface area contributed by atoms with Crippen LogP contribution in [0, 0.1) is 0 Å². The first-order valence-corrected chi connectivity index (χ1v) is 8.82. The molecule has 1 amide bonds. The van der Waals surface area contributed by atoms with E-state index in [4.69, 9.17) is 0 Å². The Kier molecular flexibility index (Phi) is 4.24. The first-order valence-electron chi connectivity index (χ1n) is 7.21. The number of carbonyl (C=O) groups is 1. The number of nitrogens with zero attached hydrogens (tertiary/aromatic N) is 3. The Morgan fingerprint density at radius 2 is 2.22 bits per heavy atom. The summed E-state index contributed by atoms with van der Waals surface area (Å²) in [5.41, 5.74) is 1.14. The molecule has 0 aliphatic carbocycles.